The maximum absolute atomic E-state index is 11.6. The van der Waals surface area contributed by atoms with Crippen LogP contribution in [0.15, 0.2) is 81.8 Å². The molecule has 1 aliphatic heterocycles. The molecule has 0 aliphatic carbocycles. The van der Waals surface area contributed by atoms with Gasteiger partial charge in [-0.05, 0) is 43.2 Å². The molecule has 39 heavy (non-hydrogen) atoms. The Bertz CT molecular complexity index is 1520. The fourth-order valence-electron chi connectivity index (χ4n) is 4.42. The summed E-state index contributed by atoms with van der Waals surface area (Å²) in [4.78, 5) is 9.22. The quantitative estimate of drug-likeness (QED) is 0.268. The van der Waals surface area contributed by atoms with Crippen molar-refractivity contribution in [2.45, 2.75) is 36.4 Å². The van der Waals surface area contributed by atoms with E-state index in [1.54, 1.807) is 30.6 Å². The third-order valence-corrected chi connectivity index (χ3v) is 8.54. The summed E-state index contributed by atoms with van der Waals surface area (Å²) < 4.78 is 46.6. The topological polar surface area (TPSA) is 127 Å². The maximum Gasteiger partial charge on any atom is 0.238 e. The molecule has 0 bridgehead atoms. The van der Waals surface area contributed by atoms with Gasteiger partial charge in [0.1, 0.15) is 23.0 Å². The van der Waals surface area contributed by atoms with Gasteiger partial charge in [-0.25, -0.2) is 23.5 Å². The van der Waals surface area contributed by atoms with Gasteiger partial charge in [-0.3, -0.25) is 0 Å². The standard InChI is InChI=1S/C28H29N3O6S2/c1-34-28(14-5-15-35-18-28)27-31-22(17-38-27)16-36-25(20-6-3-2-4-7-20)13-12-24-26(37-19-30-24)21-8-10-23(11-9-21)39(29,32)33/h2-4,6-11,13,17,19H,5,12,14-16,18H2,1H3,(H2,29,32,33)/b25-13-. The zero-order chi connectivity index (χ0) is 27.3. The van der Waals surface area contributed by atoms with Crippen LogP contribution in [-0.4, -0.2) is 38.7 Å². The monoisotopic (exact) mass is 567 g/mol. The third-order valence-electron chi connectivity index (χ3n) is 6.54. The molecule has 1 atom stereocenters. The predicted octanol–water partition coefficient (Wildman–Crippen LogP) is 4.90. The molecular formula is C28H29N3O6S2. The SMILES string of the molecule is COC1(c2nc(CO/C(=C\Cc3ncoc3-c3ccc(S(N)(=O)=O)cc3)c3ccccc3)cs2)CCCOC1. The summed E-state index contributed by atoms with van der Waals surface area (Å²) in [5.41, 5.74) is 2.61. The smallest absolute Gasteiger partial charge is 0.238 e. The normalized spacial score (nSPS) is 18.3. The van der Waals surface area contributed by atoms with Crippen LogP contribution in [0.4, 0.5) is 0 Å². The van der Waals surface area contributed by atoms with Gasteiger partial charge in [0, 0.05) is 36.6 Å². The highest BCUT2D eigenvalue weighted by Crippen LogP contribution is 2.36. The molecule has 4 aromatic rings. The highest BCUT2D eigenvalue weighted by molar-refractivity contribution is 7.89. The molecule has 0 spiro atoms. The van der Waals surface area contributed by atoms with Crippen LogP contribution >= 0.6 is 11.3 Å². The molecule has 2 aromatic heterocycles. The number of sulfonamides is 1. The number of aromatic nitrogens is 2. The lowest BCUT2D eigenvalue weighted by atomic mass is 9.97. The number of methoxy groups -OCH3 is 1. The predicted molar refractivity (Wildman–Crippen MR) is 147 cm³/mol. The Labute approximate surface area is 231 Å². The first-order valence-electron chi connectivity index (χ1n) is 12.4. The molecular weight excluding hydrogens is 538 g/mol. The average molecular weight is 568 g/mol. The molecule has 1 unspecified atom stereocenters. The van der Waals surface area contributed by atoms with Crippen molar-refractivity contribution in [3.63, 3.8) is 0 Å². The number of nitrogens with two attached hydrogens (primary N) is 1. The van der Waals surface area contributed by atoms with Crippen LogP contribution in [0.1, 0.15) is 34.8 Å². The Morgan fingerprint density at radius 2 is 1.97 bits per heavy atom. The number of oxazole rings is 1. The largest absolute Gasteiger partial charge is 0.487 e. The second kappa shape index (κ2) is 11.8. The first kappa shape index (κ1) is 27.2. The number of hydrogen-bond donors (Lipinski definition) is 1. The minimum absolute atomic E-state index is 0.0320. The van der Waals surface area contributed by atoms with E-state index in [1.807, 2.05) is 41.8 Å². The number of ether oxygens (including phenoxy) is 3. The van der Waals surface area contributed by atoms with Crippen LogP contribution in [0.2, 0.25) is 0 Å². The molecule has 0 amide bonds. The van der Waals surface area contributed by atoms with Gasteiger partial charge in [-0.1, -0.05) is 30.3 Å². The Morgan fingerprint density at radius 3 is 2.67 bits per heavy atom. The van der Waals surface area contributed by atoms with E-state index in [9.17, 15) is 8.42 Å². The van der Waals surface area contributed by atoms with E-state index in [2.05, 4.69) is 4.98 Å². The summed E-state index contributed by atoms with van der Waals surface area (Å²) in [7, 11) is -2.08. The van der Waals surface area contributed by atoms with Crippen molar-refractivity contribution < 1.29 is 27.0 Å². The zero-order valence-electron chi connectivity index (χ0n) is 21.4. The van der Waals surface area contributed by atoms with Crippen molar-refractivity contribution in [2.24, 2.45) is 5.14 Å². The van der Waals surface area contributed by atoms with Crippen LogP contribution in [0.25, 0.3) is 17.1 Å². The van der Waals surface area contributed by atoms with E-state index in [1.165, 1.54) is 18.5 Å². The molecule has 0 saturated carbocycles. The van der Waals surface area contributed by atoms with Crippen molar-refractivity contribution in [1.29, 1.82) is 0 Å². The molecule has 2 aromatic carbocycles. The fraction of sp³-hybridized carbons (Fsp3) is 0.286. The van der Waals surface area contributed by atoms with E-state index >= 15 is 0 Å². The molecule has 2 N–H and O–H groups in total. The van der Waals surface area contributed by atoms with E-state index in [-0.39, 0.29) is 4.90 Å². The number of nitrogens with zero attached hydrogens (tertiary/aromatic N) is 2. The van der Waals surface area contributed by atoms with Gasteiger partial charge < -0.3 is 18.6 Å². The number of hydrogen-bond acceptors (Lipinski definition) is 9. The molecule has 1 fully saturated rings. The van der Waals surface area contributed by atoms with E-state index < -0.39 is 15.6 Å². The van der Waals surface area contributed by atoms with Gasteiger partial charge in [0.25, 0.3) is 0 Å². The summed E-state index contributed by atoms with van der Waals surface area (Å²) in [5.74, 6) is 1.23. The van der Waals surface area contributed by atoms with Gasteiger partial charge in [-0.15, -0.1) is 11.3 Å². The Kier molecular flexibility index (Phi) is 8.24. The van der Waals surface area contributed by atoms with Crippen LogP contribution in [0, 0.1) is 0 Å². The van der Waals surface area contributed by atoms with Gasteiger partial charge in [0.15, 0.2) is 12.2 Å². The molecule has 3 heterocycles. The maximum atomic E-state index is 11.6. The minimum Gasteiger partial charge on any atom is -0.487 e. The van der Waals surface area contributed by atoms with Crippen molar-refractivity contribution in [2.75, 3.05) is 20.3 Å². The summed E-state index contributed by atoms with van der Waals surface area (Å²) in [6.07, 6.45) is 5.55. The average Bonchev–Trinajstić information content (AvgIpc) is 3.64. The van der Waals surface area contributed by atoms with Crippen LogP contribution in [0.5, 0.6) is 0 Å². The number of allylic oxidation sites excluding steroid dienone is 1. The van der Waals surface area contributed by atoms with Crippen LogP contribution in [0.3, 0.4) is 0 Å². The van der Waals surface area contributed by atoms with E-state index in [4.69, 9.17) is 28.8 Å². The second-order valence-electron chi connectivity index (χ2n) is 9.12. The van der Waals surface area contributed by atoms with Crippen LogP contribution < -0.4 is 5.14 Å². The van der Waals surface area contributed by atoms with Gasteiger partial charge in [0.05, 0.1) is 22.9 Å². The molecule has 1 aliphatic rings. The summed E-state index contributed by atoms with van der Waals surface area (Å²) in [5, 5.41) is 8.11. The Morgan fingerprint density at radius 1 is 1.18 bits per heavy atom. The molecule has 204 valence electrons. The number of thiazole rings is 1. The molecule has 11 heteroatoms. The Balaban J connectivity index is 1.34. The highest BCUT2D eigenvalue weighted by Gasteiger charge is 2.37. The highest BCUT2D eigenvalue weighted by atomic mass is 32.2. The minimum atomic E-state index is -3.78. The zero-order valence-corrected chi connectivity index (χ0v) is 23.0. The summed E-state index contributed by atoms with van der Waals surface area (Å²) >= 11 is 1.56. The molecule has 1 saturated heterocycles. The van der Waals surface area contributed by atoms with Gasteiger partial charge >= 0.3 is 0 Å². The fourth-order valence-corrected chi connectivity index (χ4v) is 5.93. The summed E-state index contributed by atoms with van der Waals surface area (Å²) in [6.45, 7) is 1.53. The van der Waals surface area contributed by atoms with Crippen LogP contribution in [-0.2, 0) is 42.9 Å². The van der Waals surface area contributed by atoms with E-state index in [0.717, 1.165) is 35.7 Å². The molecule has 9 nitrogen and oxygen atoms in total. The summed E-state index contributed by atoms with van der Waals surface area (Å²) in [6, 6.07) is 16.0. The van der Waals surface area contributed by atoms with Crippen molar-refractivity contribution in [3.8, 4) is 11.3 Å². The number of benzene rings is 2. The van der Waals surface area contributed by atoms with Crippen molar-refractivity contribution >= 4 is 27.1 Å². The lowest BCUT2D eigenvalue weighted by Crippen LogP contribution is -2.37. The third kappa shape index (κ3) is 6.29. The number of primary sulfonamides is 1. The number of rotatable bonds is 10. The second-order valence-corrected chi connectivity index (χ2v) is 11.5. The first-order chi connectivity index (χ1) is 18.9. The van der Waals surface area contributed by atoms with E-state index in [0.29, 0.717) is 42.4 Å². The van der Waals surface area contributed by atoms with Crippen molar-refractivity contribution in [1.82, 2.24) is 9.97 Å². The lowest BCUT2D eigenvalue weighted by Gasteiger charge is -2.33. The lowest BCUT2D eigenvalue weighted by molar-refractivity contribution is -0.115. The van der Waals surface area contributed by atoms with Gasteiger partial charge in [-0.2, -0.15) is 0 Å². The van der Waals surface area contributed by atoms with Crippen molar-refractivity contribution in [3.05, 3.63) is 94.4 Å². The first-order valence-corrected chi connectivity index (χ1v) is 14.8. The molecule has 5 rings (SSSR count). The van der Waals surface area contributed by atoms with Gasteiger partial charge in [0.2, 0.25) is 10.0 Å². The Hall–Kier alpha value is -3.35. The molecule has 0 radical (unpaired) electrons.